The lowest BCUT2D eigenvalue weighted by atomic mass is 10.2. The summed E-state index contributed by atoms with van der Waals surface area (Å²) in [7, 11) is -3.83. The number of nitrogens with zero attached hydrogens (tertiary/aromatic N) is 5. The Balaban J connectivity index is 1.77. The molecule has 8 nitrogen and oxygen atoms in total. The average molecular weight is 364 g/mol. The number of rotatable bonds is 6. The van der Waals surface area contributed by atoms with Crippen LogP contribution in [0, 0.1) is 12.7 Å². The molecule has 2 heterocycles. The Labute approximate surface area is 144 Å². The molecule has 2 aromatic heterocycles. The zero-order chi connectivity index (χ0) is 18.0. The second kappa shape index (κ2) is 6.63. The largest absolute Gasteiger partial charge is 0.269 e. The number of benzene rings is 1. The fourth-order valence-corrected chi connectivity index (χ4v) is 3.55. The number of aromatic nitrogens is 5. The van der Waals surface area contributed by atoms with E-state index in [4.69, 9.17) is 0 Å². The van der Waals surface area contributed by atoms with Crippen molar-refractivity contribution in [1.29, 1.82) is 0 Å². The first kappa shape index (κ1) is 17.1. The van der Waals surface area contributed by atoms with E-state index in [0.29, 0.717) is 17.8 Å². The van der Waals surface area contributed by atoms with Gasteiger partial charge in [0.15, 0.2) is 0 Å². The molecule has 0 radical (unpaired) electrons. The maximum absolute atomic E-state index is 13.2. The molecule has 0 saturated heterocycles. The Hall–Kier alpha value is -2.75. The van der Waals surface area contributed by atoms with Gasteiger partial charge in [-0.3, -0.25) is 4.68 Å². The number of aryl methyl sites for hydroxylation is 1. The fraction of sp³-hybridized carbons (Fsp3) is 0.267. The molecule has 0 aliphatic carbocycles. The highest BCUT2D eigenvalue weighted by atomic mass is 32.2. The molecule has 3 aromatic rings. The summed E-state index contributed by atoms with van der Waals surface area (Å²) in [5.41, 5.74) is 1.23. The van der Waals surface area contributed by atoms with Gasteiger partial charge in [-0.2, -0.15) is 10.1 Å². The number of anilines is 1. The van der Waals surface area contributed by atoms with Crippen LogP contribution in [0.25, 0.3) is 0 Å². The second-order valence-electron chi connectivity index (χ2n) is 5.41. The van der Waals surface area contributed by atoms with Gasteiger partial charge in [0.2, 0.25) is 0 Å². The summed E-state index contributed by atoms with van der Waals surface area (Å²) in [6, 6.07) is 6.08. The molecule has 0 spiro atoms. The number of sulfonamides is 1. The summed E-state index contributed by atoms with van der Waals surface area (Å²) >= 11 is 0. The van der Waals surface area contributed by atoms with Crippen LogP contribution in [0.4, 0.5) is 10.3 Å². The zero-order valence-corrected chi connectivity index (χ0v) is 14.5. The highest BCUT2D eigenvalue weighted by Gasteiger charge is 2.22. The molecule has 25 heavy (non-hydrogen) atoms. The third-order valence-corrected chi connectivity index (χ3v) is 5.07. The minimum Gasteiger partial charge on any atom is -0.269 e. The van der Waals surface area contributed by atoms with E-state index < -0.39 is 10.0 Å². The van der Waals surface area contributed by atoms with E-state index in [-0.39, 0.29) is 23.2 Å². The molecule has 3 rings (SSSR count). The Morgan fingerprint density at radius 2 is 2.12 bits per heavy atom. The van der Waals surface area contributed by atoms with Gasteiger partial charge < -0.3 is 0 Å². The van der Waals surface area contributed by atoms with Crippen LogP contribution >= 0.6 is 0 Å². The van der Waals surface area contributed by atoms with Crippen molar-refractivity contribution in [2.24, 2.45) is 0 Å². The quantitative estimate of drug-likeness (QED) is 0.720. The molecule has 1 N–H and O–H groups in total. The molecule has 0 saturated carbocycles. The highest BCUT2D eigenvalue weighted by molar-refractivity contribution is 7.92. The number of hydrogen-bond donors (Lipinski definition) is 1. The van der Waals surface area contributed by atoms with E-state index in [2.05, 4.69) is 19.9 Å². The van der Waals surface area contributed by atoms with Crippen LogP contribution in [0.2, 0.25) is 0 Å². The molecule has 0 fully saturated rings. The lowest BCUT2D eigenvalue weighted by Gasteiger charge is -2.05. The Morgan fingerprint density at radius 1 is 1.32 bits per heavy atom. The molecule has 0 aliphatic rings. The molecular formula is C15H17FN6O2S. The van der Waals surface area contributed by atoms with Crippen LogP contribution in [-0.2, 0) is 23.1 Å². The van der Waals surface area contributed by atoms with Crippen molar-refractivity contribution in [3.05, 3.63) is 53.9 Å². The predicted octanol–water partition coefficient (Wildman–Crippen LogP) is 1.79. The van der Waals surface area contributed by atoms with Gasteiger partial charge in [0, 0.05) is 6.54 Å². The van der Waals surface area contributed by atoms with Gasteiger partial charge in [-0.1, -0.05) is 12.1 Å². The minimum absolute atomic E-state index is 0.0555. The maximum atomic E-state index is 13.2. The van der Waals surface area contributed by atoms with Crippen LogP contribution in [0.1, 0.15) is 18.2 Å². The van der Waals surface area contributed by atoms with Gasteiger partial charge in [-0.25, -0.2) is 22.2 Å². The van der Waals surface area contributed by atoms with E-state index >= 15 is 0 Å². The maximum Gasteiger partial charge on any atom is 0.267 e. The summed E-state index contributed by atoms with van der Waals surface area (Å²) in [6.07, 6.45) is 2.68. The zero-order valence-electron chi connectivity index (χ0n) is 13.7. The molecular weight excluding hydrogens is 347 g/mol. The molecule has 10 heteroatoms. The molecule has 1 aromatic carbocycles. The van der Waals surface area contributed by atoms with Crippen molar-refractivity contribution in [1.82, 2.24) is 24.5 Å². The Kier molecular flexibility index (Phi) is 4.53. The van der Waals surface area contributed by atoms with Crippen molar-refractivity contribution in [3.8, 4) is 0 Å². The summed E-state index contributed by atoms with van der Waals surface area (Å²) < 4.78 is 43.5. The van der Waals surface area contributed by atoms with Gasteiger partial charge in [0.25, 0.3) is 16.0 Å². The third-order valence-electron chi connectivity index (χ3n) is 3.64. The van der Waals surface area contributed by atoms with Crippen LogP contribution in [0.15, 0.2) is 41.7 Å². The first-order chi connectivity index (χ1) is 11.9. The molecule has 0 bridgehead atoms. The lowest BCUT2D eigenvalue weighted by molar-refractivity contribution is 0.597. The van der Waals surface area contributed by atoms with Crippen LogP contribution < -0.4 is 4.72 Å². The van der Waals surface area contributed by atoms with Crippen LogP contribution in [0.5, 0.6) is 0 Å². The van der Waals surface area contributed by atoms with Gasteiger partial charge in [0.1, 0.15) is 17.0 Å². The molecule has 0 unspecified atom stereocenters. The minimum atomic E-state index is -3.83. The van der Waals surface area contributed by atoms with Crippen LogP contribution in [-0.4, -0.2) is 33.0 Å². The van der Waals surface area contributed by atoms with E-state index in [1.807, 2.05) is 6.92 Å². The first-order valence-electron chi connectivity index (χ1n) is 7.58. The lowest BCUT2D eigenvalue weighted by Crippen LogP contribution is -2.15. The van der Waals surface area contributed by atoms with Crippen molar-refractivity contribution < 1.29 is 12.8 Å². The fourth-order valence-electron chi connectivity index (χ4n) is 2.43. The standard InChI is InChI=1S/C15H17FN6O2S/c1-3-22-11(2)14(8-18-22)25(23,24)20-15-17-10-21(19-15)9-12-5-4-6-13(16)7-12/h4-8,10H,3,9H2,1-2H3,(H,19,20). The highest BCUT2D eigenvalue weighted by Crippen LogP contribution is 2.17. The van der Waals surface area contributed by atoms with E-state index in [0.717, 1.165) is 0 Å². The van der Waals surface area contributed by atoms with Crippen molar-refractivity contribution in [2.45, 2.75) is 31.8 Å². The summed E-state index contributed by atoms with van der Waals surface area (Å²) in [5, 5.41) is 8.10. The number of nitrogens with one attached hydrogen (secondary N) is 1. The van der Waals surface area contributed by atoms with Gasteiger partial charge in [-0.15, -0.1) is 5.10 Å². The number of halogens is 1. The van der Waals surface area contributed by atoms with Gasteiger partial charge >= 0.3 is 0 Å². The first-order valence-corrected chi connectivity index (χ1v) is 9.06. The molecule has 0 amide bonds. The molecule has 0 aliphatic heterocycles. The summed E-state index contributed by atoms with van der Waals surface area (Å²) in [5.74, 6) is -0.401. The van der Waals surface area contributed by atoms with Crippen molar-refractivity contribution in [2.75, 3.05) is 4.72 Å². The van der Waals surface area contributed by atoms with Crippen molar-refractivity contribution in [3.63, 3.8) is 0 Å². The topological polar surface area (TPSA) is 94.7 Å². The summed E-state index contributed by atoms with van der Waals surface area (Å²) in [6.45, 7) is 4.40. The van der Waals surface area contributed by atoms with Crippen molar-refractivity contribution >= 4 is 16.0 Å². The summed E-state index contributed by atoms with van der Waals surface area (Å²) in [4.78, 5) is 4.02. The smallest absolute Gasteiger partial charge is 0.267 e. The number of hydrogen-bond acceptors (Lipinski definition) is 5. The third kappa shape index (κ3) is 3.68. The second-order valence-corrected chi connectivity index (χ2v) is 7.06. The van der Waals surface area contributed by atoms with E-state index in [1.165, 1.54) is 29.3 Å². The molecule has 0 atom stereocenters. The Morgan fingerprint density at radius 3 is 2.80 bits per heavy atom. The average Bonchev–Trinajstić information content (AvgIpc) is 3.13. The van der Waals surface area contributed by atoms with Gasteiger partial charge in [0.05, 0.1) is 18.4 Å². The van der Waals surface area contributed by atoms with Gasteiger partial charge in [-0.05, 0) is 31.5 Å². The molecule has 132 valence electrons. The normalized spacial score (nSPS) is 11.6. The predicted molar refractivity (Wildman–Crippen MR) is 89.0 cm³/mol. The Bertz CT molecular complexity index is 995. The van der Waals surface area contributed by atoms with Crippen LogP contribution in [0.3, 0.4) is 0 Å². The monoisotopic (exact) mass is 364 g/mol. The van der Waals surface area contributed by atoms with E-state index in [9.17, 15) is 12.8 Å². The SMILES string of the molecule is CCn1ncc(S(=O)(=O)Nc2ncn(Cc3cccc(F)c3)n2)c1C. The van der Waals surface area contributed by atoms with E-state index in [1.54, 1.807) is 23.7 Å².